The molecule has 9 rings (SSSR count). The average molecular weight is 1200 g/mol. The topological polar surface area (TPSA) is 285 Å². The van der Waals surface area contributed by atoms with Gasteiger partial charge in [-0.25, -0.2) is 9.59 Å². The van der Waals surface area contributed by atoms with Crippen molar-refractivity contribution < 1.29 is 107 Å². The molecule has 27 atom stereocenters. The van der Waals surface area contributed by atoms with Crippen molar-refractivity contribution in [2.75, 3.05) is 28.4 Å². The maximum Gasteiger partial charge on any atom is 0.333 e. The van der Waals surface area contributed by atoms with Gasteiger partial charge in [-0.15, -0.1) is 0 Å². The highest BCUT2D eigenvalue weighted by Crippen LogP contribution is 2.72. The third kappa shape index (κ3) is 11.9. The summed E-state index contributed by atoms with van der Waals surface area (Å²) < 4.78 is 87.0. The van der Waals surface area contributed by atoms with Crippen molar-refractivity contribution in [1.82, 2.24) is 0 Å². The number of carbonyl (C=O) groups excluding carboxylic acids is 2. The van der Waals surface area contributed by atoms with Crippen molar-refractivity contribution in [3.05, 3.63) is 65.8 Å². The summed E-state index contributed by atoms with van der Waals surface area (Å²) in [6.45, 7) is 15.6. The normalized spacial score (nSPS) is 47.8. The van der Waals surface area contributed by atoms with E-state index in [0.717, 1.165) is 5.56 Å². The van der Waals surface area contributed by atoms with Crippen LogP contribution in [0.15, 0.2) is 60.2 Å². The Morgan fingerprint density at radius 2 is 1.22 bits per heavy atom. The fourth-order valence-corrected chi connectivity index (χ4v) is 15.6. The number of hydrogen-bond donors (Lipinski definition) is 6. The summed E-state index contributed by atoms with van der Waals surface area (Å²) in [5.74, 6) is -2.31. The minimum Gasteiger partial charge on any atom is -0.458 e. The first-order valence-corrected chi connectivity index (χ1v) is 30.3. The van der Waals surface area contributed by atoms with E-state index in [-0.39, 0.29) is 38.5 Å². The number of aliphatic hydroxyl groups is 6. The molecule has 1 aromatic carbocycles. The number of allylic oxidation sites excluding steroid dienone is 1. The van der Waals surface area contributed by atoms with Crippen molar-refractivity contribution in [2.24, 2.45) is 16.7 Å². The van der Waals surface area contributed by atoms with E-state index in [2.05, 4.69) is 0 Å². The molecular weight excluding hydrogens is 1110 g/mol. The summed E-state index contributed by atoms with van der Waals surface area (Å²) in [5, 5.41) is 73.9. The van der Waals surface area contributed by atoms with Crippen LogP contribution in [0.5, 0.6) is 0 Å². The summed E-state index contributed by atoms with van der Waals surface area (Å²) in [6, 6.07) is 9.19. The first kappa shape index (κ1) is 66.1. The fourth-order valence-electron chi connectivity index (χ4n) is 15.6. The molecule has 4 aliphatic heterocycles. The molecule has 0 bridgehead atoms. The lowest BCUT2D eigenvalue weighted by atomic mass is 9.41. The van der Waals surface area contributed by atoms with Crippen molar-refractivity contribution in [2.45, 2.75) is 265 Å². The fraction of sp³-hybridized carbons (Fsp3) is 0.778. The Morgan fingerprint density at radius 3 is 1.76 bits per heavy atom. The Labute approximate surface area is 499 Å². The van der Waals surface area contributed by atoms with Crippen LogP contribution in [-0.2, 0) is 75.9 Å². The van der Waals surface area contributed by atoms with E-state index in [1.54, 1.807) is 74.2 Å². The van der Waals surface area contributed by atoms with Crippen LogP contribution in [0.1, 0.15) is 126 Å². The molecule has 3 saturated carbocycles. The highest BCUT2D eigenvalue weighted by molar-refractivity contribution is 5.88. The lowest BCUT2D eigenvalue weighted by Gasteiger charge is -2.68. The third-order valence-corrected chi connectivity index (χ3v) is 21.1. The Balaban J connectivity index is 0.843. The predicted octanol–water partition coefficient (Wildman–Crippen LogP) is 4.49. The molecule has 1 aromatic rings. The van der Waals surface area contributed by atoms with E-state index in [4.69, 9.17) is 66.3 Å². The molecular formula is C63H94O22. The van der Waals surface area contributed by atoms with Crippen molar-refractivity contribution >= 4 is 18.0 Å². The zero-order valence-corrected chi connectivity index (χ0v) is 51.5. The highest BCUT2D eigenvalue weighted by atomic mass is 16.8. The summed E-state index contributed by atoms with van der Waals surface area (Å²) in [4.78, 5) is 27.1. The monoisotopic (exact) mass is 1200 g/mol. The highest BCUT2D eigenvalue weighted by Gasteiger charge is 2.82. The Bertz CT molecular complexity index is 2550. The van der Waals surface area contributed by atoms with Gasteiger partial charge < -0.3 is 97.0 Å². The minimum atomic E-state index is -2.16. The minimum absolute atomic E-state index is 0.0680. The van der Waals surface area contributed by atoms with E-state index in [1.165, 1.54) is 19.3 Å². The first-order valence-electron chi connectivity index (χ1n) is 30.3. The van der Waals surface area contributed by atoms with Gasteiger partial charge in [-0.3, -0.25) is 0 Å². The Kier molecular flexibility index (Phi) is 20.1. The maximum absolute atomic E-state index is 13.9. The van der Waals surface area contributed by atoms with Crippen LogP contribution in [0, 0.1) is 16.7 Å². The number of fused-ring (bicyclic) bond motifs is 5. The zero-order chi connectivity index (χ0) is 61.8. The van der Waals surface area contributed by atoms with Crippen molar-refractivity contribution in [1.29, 1.82) is 0 Å². The van der Waals surface area contributed by atoms with Gasteiger partial charge in [-0.05, 0) is 92.2 Å². The second-order valence-electron chi connectivity index (χ2n) is 25.5. The van der Waals surface area contributed by atoms with Gasteiger partial charge >= 0.3 is 11.9 Å². The van der Waals surface area contributed by atoms with Crippen LogP contribution in [-0.4, -0.2) is 216 Å². The van der Waals surface area contributed by atoms with Crippen LogP contribution < -0.4 is 0 Å². The second kappa shape index (κ2) is 25.9. The van der Waals surface area contributed by atoms with Crippen LogP contribution in [0.25, 0.3) is 6.08 Å². The molecule has 22 heteroatoms. The van der Waals surface area contributed by atoms with Gasteiger partial charge in [0, 0.05) is 77.1 Å². The largest absolute Gasteiger partial charge is 0.458 e. The molecule has 7 fully saturated rings. The van der Waals surface area contributed by atoms with E-state index < -0.39 is 174 Å². The van der Waals surface area contributed by atoms with Crippen LogP contribution in [0.3, 0.4) is 0 Å². The predicted molar refractivity (Wildman–Crippen MR) is 303 cm³/mol. The quantitative estimate of drug-likeness (QED) is 0.0671. The molecule has 0 aromatic heterocycles. The smallest absolute Gasteiger partial charge is 0.333 e. The van der Waals surface area contributed by atoms with Crippen molar-refractivity contribution in [3.8, 4) is 0 Å². The molecule has 22 nitrogen and oxygen atoms in total. The maximum atomic E-state index is 13.9. The third-order valence-electron chi connectivity index (χ3n) is 21.1. The van der Waals surface area contributed by atoms with E-state index in [1.807, 2.05) is 58.0 Å². The summed E-state index contributed by atoms with van der Waals surface area (Å²) >= 11 is 0. The number of aliphatic hydroxyl groups excluding tert-OH is 2. The SMILES string of the molecule is C/C=C(\C)C(=O)O[C@@H](C)[C@@]1(O)CC[C@@]2(O)[C@]1(C)[C@H](OC(=O)/C=C/c1ccccc1)C[C@H]1[C@@]2(O)C=C[C@@]2(O)C[C@@H](O[C@H]3C[C@H](OC)[C@H](O[C@H]4C[C@H](OC)[C@H](O[C@H]5C[C@@H](OC)[C@H](O[C@@H]6O[C@H](C)[C@@H](O)[C@H](OC)[C@H]6O)[C@@H](C)O5)[C@@H](C)O4)[C@@H](C)O3)CC[C@]12C. The van der Waals surface area contributed by atoms with Gasteiger partial charge in [0.25, 0.3) is 0 Å². The molecule has 0 spiro atoms. The molecule has 478 valence electrons. The van der Waals surface area contributed by atoms with Gasteiger partial charge in [-0.1, -0.05) is 62.4 Å². The van der Waals surface area contributed by atoms with Gasteiger partial charge in [0.1, 0.15) is 65.6 Å². The number of esters is 2. The average Bonchev–Trinajstić information content (AvgIpc) is 1.63. The summed E-state index contributed by atoms with van der Waals surface area (Å²) in [5.41, 5.74) is -9.67. The standard InChI is InChI=1S/C63H94O22/c1-14-33(2)56(67)80-38(7)61(69)26-27-63(71)59(61,9)45(82-46(64)21-20-39-18-16-15-17-19-39)31-44-58(8)23-22-40(32-60(58,68)24-25-62(44,63)70)81-47-28-41(72-10)52(35(4)76-47)83-48-29-42(73-11)53(36(5)77-48)84-49-30-43(74-12)54(37(6)78-49)85-57-51(66)55(75-13)50(65)34(3)79-57/h14-21,24-25,34-38,40-45,47-55,57,65-66,68-71H,22-23,26-32H2,1-13H3/b21-20+,33-14+/t34-,35-,36-,37-,38+,40+,41+,42+,43-,44-,45-,47+,48+,49+,50-,51-,52-,53-,54-,55+,57+,58-,59-,60-,61+,62+,63-/m1/s1. The van der Waals surface area contributed by atoms with Crippen LogP contribution >= 0.6 is 0 Å². The molecule has 85 heavy (non-hydrogen) atoms. The molecule has 8 aliphatic rings. The molecule has 4 aliphatic carbocycles. The van der Waals surface area contributed by atoms with Crippen LogP contribution in [0.4, 0.5) is 0 Å². The number of carbonyl (C=O) groups is 2. The summed E-state index contributed by atoms with van der Waals surface area (Å²) in [7, 11) is 6.17. The zero-order valence-electron chi connectivity index (χ0n) is 51.5. The van der Waals surface area contributed by atoms with E-state index in [9.17, 15) is 40.2 Å². The van der Waals surface area contributed by atoms with E-state index in [0.29, 0.717) is 24.8 Å². The van der Waals surface area contributed by atoms with Gasteiger partial charge in [-0.2, -0.15) is 0 Å². The molecule has 4 heterocycles. The second-order valence-corrected chi connectivity index (χ2v) is 25.5. The lowest BCUT2D eigenvalue weighted by molar-refractivity contribution is -0.356. The molecule has 6 N–H and O–H groups in total. The molecule has 4 saturated heterocycles. The number of benzene rings is 1. The number of ether oxygens (including phenoxy) is 14. The Morgan fingerprint density at radius 1 is 0.671 bits per heavy atom. The number of hydrogen-bond acceptors (Lipinski definition) is 22. The van der Waals surface area contributed by atoms with Crippen molar-refractivity contribution in [3.63, 3.8) is 0 Å². The molecule has 0 radical (unpaired) electrons. The van der Waals surface area contributed by atoms with Gasteiger partial charge in [0.05, 0.1) is 59.8 Å². The Hall–Kier alpha value is -3.34. The van der Waals surface area contributed by atoms with Gasteiger partial charge in [0.2, 0.25) is 0 Å². The lowest BCUT2D eigenvalue weighted by Crippen LogP contribution is -2.80. The van der Waals surface area contributed by atoms with Crippen LogP contribution in [0.2, 0.25) is 0 Å². The van der Waals surface area contributed by atoms with E-state index >= 15 is 0 Å². The molecule has 0 unspecified atom stereocenters. The summed E-state index contributed by atoms with van der Waals surface area (Å²) in [6.07, 6.45) is -6.27. The number of rotatable bonds is 18. The first-order chi connectivity index (χ1) is 40.2. The van der Waals surface area contributed by atoms with Gasteiger partial charge in [0.15, 0.2) is 25.2 Å². The number of methoxy groups -OCH3 is 4. The molecule has 0 amide bonds.